The average Bonchev–Trinajstić information content (AvgIpc) is 2.75. The highest BCUT2D eigenvalue weighted by molar-refractivity contribution is 6.42. The maximum absolute atomic E-state index is 12.0. The van der Waals surface area contributed by atoms with E-state index < -0.39 is 0 Å². The van der Waals surface area contributed by atoms with Gasteiger partial charge in [-0.15, -0.1) is 0 Å². The van der Waals surface area contributed by atoms with Gasteiger partial charge in [-0.1, -0.05) is 29.3 Å². The fourth-order valence-corrected chi connectivity index (χ4v) is 1.86. The van der Waals surface area contributed by atoms with Gasteiger partial charge in [-0.2, -0.15) is 15.0 Å². The number of anilines is 1. The summed E-state index contributed by atoms with van der Waals surface area (Å²) in [4.78, 5) is 12.0. The molecule has 7 heteroatoms. The van der Waals surface area contributed by atoms with Gasteiger partial charge in [0.1, 0.15) is 17.5 Å². The maximum atomic E-state index is 12.0. The van der Waals surface area contributed by atoms with E-state index >= 15 is 0 Å². The lowest BCUT2D eigenvalue weighted by atomic mass is 10.1. The number of benzene rings is 1. The van der Waals surface area contributed by atoms with Gasteiger partial charge >= 0.3 is 0 Å². The highest BCUT2D eigenvalue weighted by Crippen LogP contribution is 2.23. The third-order valence-corrected chi connectivity index (χ3v) is 3.24. The maximum Gasteiger partial charge on any atom is 0.253 e. The van der Waals surface area contributed by atoms with E-state index in [-0.39, 0.29) is 23.7 Å². The number of carbonyl (C=O) groups is 1. The Morgan fingerprint density at radius 1 is 1.42 bits per heavy atom. The topological polar surface area (TPSA) is 84.7 Å². The largest absolute Gasteiger partial charge is 0.382 e. The fourth-order valence-electron chi connectivity index (χ4n) is 1.54. The predicted molar refractivity (Wildman–Crippen MR) is 72.1 cm³/mol. The molecule has 0 aliphatic carbocycles. The van der Waals surface area contributed by atoms with Gasteiger partial charge in [-0.25, -0.2) is 0 Å². The molecule has 0 unspecified atom stereocenters. The van der Waals surface area contributed by atoms with Gasteiger partial charge in [0.25, 0.3) is 5.91 Å². The van der Waals surface area contributed by atoms with Crippen LogP contribution in [-0.4, -0.2) is 15.7 Å². The van der Waals surface area contributed by atoms with Crippen LogP contribution in [0.5, 0.6) is 0 Å². The van der Waals surface area contributed by atoms with Crippen molar-refractivity contribution in [1.82, 2.24) is 9.78 Å². The lowest BCUT2D eigenvalue weighted by molar-refractivity contribution is 0.0901. The van der Waals surface area contributed by atoms with Crippen LogP contribution in [0.3, 0.4) is 0 Å². The van der Waals surface area contributed by atoms with Crippen molar-refractivity contribution in [3.05, 3.63) is 45.6 Å². The first-order valence-electron chi connectivity index (χ1n) is 5.23. The van der Waals surface area contributed by atoms with Crippen molar-refractivity contribution in [2.45, 2.75) is 6.42 Å². The molecule has 5 nitrogen and oxygen atoms in total. The summed E-state index contributed by atoms with van der Waals surface area (Å²) in [5.41, 5.74) is 6.49. The predicted octanol–water partition coefficient (Wildman–Crippen LogP) is 2.53. The van der Waals surface area contributed by atoms with Crippen LogP contribution in [0.25, 0.3) is 0 Å². The minimum absolute atomic E-state index is 0.0348. The number of nitrogen functional groups attached to an aromatic ring is 1. The van der Waals surface area contributed by atoms with E-state index in [1.54, 1.807) is 18.2 Å². The Hall–Kier alpha value is -2.03. The summed E-state index contributed by atoms with van der Waals surface area (Å²) < 4.78 is 1.00. The second-order valence-electron chi connectivity index (χ2n) is 3.79. The third-order valence-electron chi connectivity index (χ3n) is 2.50. The Morgan fingerprint density at radius 2 is 2.16 bits per heavy atom. The number of aromatic nitrogens is 2. The summed E-state index contributed by atoms with van der Waals surface area (Å²) in [7, 11) is 0. The molecular weight excluding hydrogens is 287 g/mol. The van der Waals surface area contributed by atoms with Crippen molar-refractivity contribution >= 4 is 34.9 Å². The molecule has 0 saturated heterocycles. The molecule has 1 aromatic heterocycles. The van der Waals surface area contributed by atoms with E-state index in [1.807, 2.05) is 6.07 Å². The smallest absolute Gasteiger partial charge is 0.253 e. The fraction of sp³-hybridized carbons (Fsp3) is 0.0833. The quantitative estimate of drug-likeness (QED) is 0.922. The van der Waals surface area contributed by atoms with E-state index in [2.05, 4.69) is 5.10 Å². The summed E-state index contributed by atoms with van der Waals surface area (Å²) in [6, 6.07) is 6.76. The van der Waals surface area contributed by atoms with Crippen LogP contribution in [-0.2, 0) is 6.42 Å². The van der Waals surface area contributed by atoms with E-state index in [4.69, 9.17) is 34.2 Å². The lowest BCUT2D eigenvalue weighted by Crippen LogP contribution is -2.17. The molecule has 0 bridgehead atoms. The van der Waals surface area contributed by atoms with Crippen LogP contribution in [0, 0.1) is 11.3 Å². The number of nitriles is 1. The van der Waals surface area contributed by atoms with Crippen LogP contribution in [0.4, 0.5) is 5.82 Å². The number of carbonyl (C=O) groups excluding carboxylic acids is 1. The van der Waals surface area contributed by atoms with Crippen molar-refractivity contribution in [1.29, 1.82) is 5.26 Å². The van der Waals surface area contributed by atoms with Crippen LogP contribution < -0.4 is 5.73 Å². The van der Waals surface area contributed by atoms with Crippen molar-refractivity contribution in [3.8, 4) is 6.07 Å². The Kier molecular flexibility index (Phi) is 3.74. The van der Waals surface area contributed by atoms with Crippen molar-refractivity contribution in [3.63, 3.8) is 0 Å². The molecule has 0 saturated carbocycles. The summed E-state index contributed by atoms with van der Waals surface area (Å²) >= 11 is 11.7. The summed E-state index contributed by atoms with van der Waals surface area (Å²) in [5, 5.41) is 13.3. The first-order chi connectivity index (χ1) is 9.02. The monoisotopic (exact) mass is 294 g/mol. The molecule has 19 heavy (non-hydrogen) atoms. The number of rotatable bonds is 2. The lowest BCUT2D eigenvalue weighted by Gasteiger charge is -2.04. The van der Waals surface area contributed by atoms with Crippen LogP contribution >= 0.6 is 23.2 Å². The molecule has 0 aliphatic heterocycles. The molecule has 0 radical (unpaired) electrons. The zero-order chi connectivity index (χ0) is 14.0. The molecule has 1 heterocycles. The highest BCUT2D eigenvalue weighted by Gasteiger charge is 2.14. The summed E-state index contributed by atoms with van der Waals surface area (Å²) in [5.74, 6) is -0.315. The molecule has 0 spiro atoms. The normalized spacial score (nSPS) is 10.2. The average molecular weight is 295 g/mol. The van der Waals surface area contributed by atoms with Gasteiger partial charge in [0, 0.05) is 0 Å². The highest BCUT2D eigenvalue weighted by atomic mass is 35.5. The van der Waals surface area contributed by atoms with E-state index in [0.717, 1.165) is 4.68 Å². The molecule has 96 valence electrons. The summed E-state index contributed by atoms with van der Waals surface area (Å²) in [6.07, 6.45) is 1.32. The summed E-state index contributed by atoms with van der Waals surface area (Å²) in [6.45, 7) is 0. The second kappa shape index (κ2) is 5.31. The minimum atomic E-state index is -0.350. The van der Waals surface area contributed by atoms with Crippen LogP contribution in [0.2, 0.25) is 10.0 Å². The Bertz CT molecular complexity index is 688. The first-order valence-corrected chi connectivity index (χ1v) is 5.99. The molecule has 2 aromatic rings. The number of hydrogen-bond acceptors (Lipinski definition) is 4. The molecule has 0 aliphatic rings. The zero-order valence-electron chi connectivity index (χ0n) is 9.60. The Balaban J connectivity index is 2.23. The number of nitrogens with zero attached hydrogens (tertiary/aromatic N) is 3. The molecule has 0 atom stereocenters. The van der Waals surface area contributed by atoms with Crippen molar-refractivity contribution < 1.29 is 4.79 Å². The van der Waals surface area contributed by atoms with Gasteiger partial charge in [-0.05, 0) is 17.7 Å². The SMILES string of the molecule is N#Cc1cnn(C(=O)Cc2ccc(Cl)c(Cl)c2)c1N. The number of halogens is 2. The zero-order valence-corrected chi connectivity index (χ0v) is 11.1. The molecule has 2 rings (SSSR count). The Morgan fingerprint density at radius 3 is 2.74 bits per heavy atom. The molecule has 2 N–H and O–H groups in total. The third kappa shape index (κ3) is 2.70. The van der Waals surface area contributed by atoms with E-state index in [9.17, 15) is 4.79 Å². The van der Waals surface area contributed by atoms with Crippen molar-refractivity contribution in [2.24, 2.45) is 0 Å². The number of nitrogens with two attached hydrogens (primary N) is 1. The van der Waals surface area contributed by atoms with Crippen LogP contribution in [0.15, 0.2) is 24.4 Å². The minimum Gasteiger partial charge on any atom is -0.382 e. The van der Waals surface area contributed by atoms with Gasteiger partial charge in [0.2, 0.25) is 0 Å². The molecule has 0 amide bonds. The molecule has 0 fully saturated rings. The van der Waals surface area contributed by atoms with E-state index in [0.29, 0.717) is 15.6 Å². The molecular formula is C12H8Cl2N4O. The number of hydrogen-bond donors (Lipinski definition) is 1. The Labute approximate surface area is 119 Å². The van der Waals surface area contributed by atoms with E-state index in [1.165, 1.54) is 6.20 Å². The van der Waals surface area contributed by atoms with Gasteiger partial charge in [-0.3, -0.25) is 4.79 Å². The first kappa shape index (κ1) is 13.4. The standard InChI is InChI=1S/C12H8Cl2N4O/c13-9-2-1-7(3-10(9)14)4-11(19)18-12(16)8(5-15)6-17-18/h1-3,6H,4,16H2. The van der Waals surface area contributed by atoms with Gasteiger partial charge in [0.15, 0.2) is 0 Å². The second-order valence-corrected chi connectivity index (χ2v) is 4.60. The van der Waals surface area contributed by atoms with Gasteiger partial charge in [0.05, 0.1) is 22.7 Å². The van der Waals surface area contributed by atoms with Crippen LogP contribution in [0.1, 0.15) is 15.9 Å². The van der Waals surface area contributed by atoms with Crippen molar-refractivity contribution in [2.75, 3.05) is 5.73 Å². The van der Waals surface area contributed by atoms with Gasteiger partial charge < -0.3 is 5.73 Å². The molecule has 1 aromatic carbocycles.